The summed E-state index contributed by atoms with van der Waals surface area (Å²) in [7, 11) is 0. The Balaban J connectivity index is 0.00000192. The number of hydrogen-bond donors (Lipinski definition) is 0. The Bertz CT molecular complexity index is 2130. The Morgan fingerprint density at radius 3 is 2.25 bits per heavy atom. The molecule has 0 atom stereocenters. The summed E-state index contributed by atoms with van der Waals surface area (Å²) in [4.78, 5) is 4.70. The number of aromatic nitrogens is 4. The molecular formula is C37H31IN4OPt. The largest absolute Gasteiger partial charge is 2.00 e. The number of hydrogen-bond acceptors (Lipinski definition) is 3. The van der Waals surface area contributed by atoms with Gasteiger partial charge in [0.1, 0.15) is 5.82 Å². The first-order chi connectivity index (χ1) is 20.4. The molecule has 0 unspecified atom stereocenters. The normalized spacial score (nSPS) is 10.9. The molecule has 0 radical (unpaired) electrons. The molecule has 0 spiro atoms. The van der Waals surface area contributed by atoms with E-state index in [0.29, 0.717) is 11.5 Å². The van der Waals surface area contributed by atoms with Crippen molar-refractivity contribution in [3.63, 3.8) is 0 Å². The van der Waals surface area contributed by atoms with Crippen LogP contribution in [-0.4, -0.2) is 19.3 Å². The summed E-state index contributed by atoms with van der Waals surface area (Å²) >= 11 is 0. The van der Waals surface area contributed by atoms with Crippen LogP contribution in [0.2, 0.25) is 0 Å². The van der Waals surface area contributed by atoms with Crippen molar-refractivity contribution in [2.45, 2.75) is 34.6 Å². The molecule has 0 aliphatic heterocycles. The molecule has 3 heterocycles. The Labute approximate surface area is 289 Å². The zero-order valence-corrected chi connectivity index (χ0v) is 29.7. The summed E-state index contributed by atoms with van der Waals surface area (Å²) in [5.41, 5.74) is 10.6. The van der Waals surface area contributed by atoms with Crippen molar-refractivity contribution >= 4 is 45.8 Å². The number of pyridine rings is 1. The molecule has 5 nitrogen and oxygen atoms in total. The molecule has 0 saturated heterocycles. The van der Waals surface area contributed by atoms with Crippen molar-refractivity contribution in [2.24, 2.45) is 0 Å². The summed E-state index contributed by atoms with van der Waals surface area (Å²) in [5.74, 6) is 2.08. The minimum absolute atomic E-state index is 0. The van der Waals surface area contributed by atoms with Crippen LogP contribution in [0, 0.1) is 46.8 Å². The molecule has 4 aromatic carbocycles. The zero-order valence-electron chi connectivity index (χ0n) is 25.1. The third kappa shape index (κ3) is 5.73. The van der Waals surface area contributed by atoms with Gasteiger partial charge in [0.15, 0.2) is 0 Å². The van der Waals surface area contributed by atoms with Crippen molar-refractivity contribution in [1.82, 2.24) is 19.3 Å². The molecular weight excluding hydrogens is 838 g/mol. The van der Waals surface area contributed by atoms with Gasteiger partial charge in [0.25, 0.3) is 0 Å². The average Bonchev–Trinajstić information content (AvgIpc) is 3.45. The third-order valence-corrected chi connectivity index (χ3v) is 7.71. The zero-order chi connectivity index (χ0) is 29.0. The van der Waals surface area contributed by atoms with E-state index in [1.165, 1.54) is 10.9 Å². The second-order valence-electron chi connectivity index (χ2n) is 11.0. The van der Waals surface area contributed by atoms with Gasteiger partial charge in [-0.05, 0) is 68.1 Å². The van der Waals surface area contributed by atoms with Crippen LogP contribution in [0.15, 0.2) is 91.1 Å². The van der Waals surface area contributed by atoms with Gasteiger partial charge in [0.05, 0.1) is 5.69 Å². The number of halogens is 1. The number of rotatable bonds is 5. The van der Waals surface area contributed by atoms with Gasteiger partial charge in [0, 0.05) is 34.5 Å². The monoisotopic (exact) mass is 869 g/mol. The number of fused-ring (bicyclic) bond motifs is 3. The van der Waals surface area contributed by atoms with Gasteiger partial charge in [0.2, 0.25) is 0 Å². The predicted octanol–water partition coefficient (Wildman–Crippen LogP) is 9.58. The van der Waals surface area contributed by atoms with Gasteiger partial charge in [-0.1, -0.05) is 60.5 Å². The fourth-order valence-electron chi connectivity index (χ4n) is 5.83. The van der Waals surface area contributed by atoms with Gasteiger partial charge < -0.3 is 9.30 Å². The maximum atomic E-state index is 6.44. The smallest absolute Gasteiger partial charge is 0.509 e. The van der Waals surface area contributed by atoms with Crippen LogP contribution < -0.4 is 4.74 Å². The Morgan fingerprint density at radius 1 is 0.705 bits per heavy atom. The molecule has 44 heavy (non-hydrogen) atoms. The van der Waals surface area contributed by atoms with Gasteiger partial charge in [-0.3, -0.25) is 4.68 Å². The standard InChI is InChI=1S/C37H30N4O.HI.Pt/c1-23-11-14-34-33(19-23)32-13-12-30(22-35(32)40(34)36-20-24(2)15-16-38-36)42-31-18-25(3)17-29(21-31)41-27(5)37(26(4)39-41)28-9-7-6-8-10-28;;/h6-20H,1-5H3;1H;/q-2;;+2. The molecule has 222 valence electrons. The van der Waals surface area contributed by atoms with E-state index < -0.39 is 0 Å². The van der Waals surface area contributed by atoms with E-state index in [0.717, 1.165) is 61.6 Å². The summed E-state index contributed by atoms with van der Waals surface area (Å²) < 4.78 is 10.6. The van der Waals surface area contributed by atoms with Crippen molar-refractivity contribution in [3.8, 4) is 34.1 Å². The summed E-state index contributed by atoms with van der Waals surface area (Å²) in [6, 6.07) is 36.2. The van der Waals surface area contributed by atoms with Crippen LogP contribution in [0.1, 0.15) is 28.1 Å². The molecule has 7 heteroatoms. The first-order valence-electron chi connectivity index (χ1n) is 14.1. The van der Waals surface area contributed by atoms with E-state index >= 15 is 0 Å². The Kier molecular flexibility index (Phi) is 9.14. The van der Waals surface area contributed by atoms with Crippen molar-refractivity contribution in [1.29, 1.82) is 0 Å². The SMILES string of the molecule is Cc1cc(Oc2[c-]c3c(cc2)c2cc(C)ccc2n3-c2cc(C)ccn2)[c-]c(-n2nc(C)c(-c3ccccc3)c2C)c1.I.[Pt+2]. The number of nitrogens with zero attached hydrogens (tertiary/aromatic N) is 4. The van der Waals surface area contributed by atoms with E-state index in [1.54, 1.807) is 0 Å². The summed E-state index contributed by atoms with van der Waals surface area (Å²) in [6.45, 7) is 10.4. The molecule has 0 bridgehead atoms. The average molecular weight is 870 g/mol. The Hall–Kier alpha value is -3.74. The minimum atomic E-state index is 0. The number of aryl methyl sites for hydroxylation is 4. The third-order valence-electron chi connectivity index (χ3n) is 7.71. The van der Waals surface area contributed by atoms with Crippen molar-refractivity contribution < 1.29 is 25.8 Å². The van der Waals surface area contributed by atoms with Crippen LogP contribution in [0.5, 0.6) is 11.5 Å². The molecule has 0 aliphatic rings. The fourth-order valence-corrected chi connectivity index (χ4v) is 5.83. The first kappa shape index (κ1) is 31.7. The molecule has 7 rings (SSSR count). The van der Waals surface area contributed by atoms with E-state index in [2.05, 4.69) is 105 Å². The van der Waals surface area contributed by atoms with E-state index in [4.69, 9.17) is 14.8 Å². The van der Waals surface area contributed by atoms with Crippen LogP contribution in [0.4, 0.5) is 0 Å². The second kappa shape index (κ2) is 12.7. The van der Waals surface area contributed by atoms with Crippen molar-refractivity contribution in [3.05, 3.63) is 131 Å². The molecule has 0 amide bonds. The number of benzene rings is 4. The number of ether oxygens (including phenoxy) is 1. The van der Waals surface area contributed by atoms with Gasteiger partial charge in [-0.25, -0.2) is 4.98 Å². The van der Waals surface area contributed by atoms with E-state index in [1.807, 2.05) is 42.1 Å². The molecule has 3 aromatic heterocycles. The van der Waals surface area contributed by atoms with Crippen molar-refractivity contribution in [2.75, 3.05) is 0 Å². The maximum absolute atomic E-state index is 6.44. The maximum Gasteiger partial charge on any atom is 2.00 e. The van der Waals surface area contributed by atoms with Gasteiger partial charge in [-0.2, -0.15) is 16.7 Å². The molecule has 0 N–H and O–H groups in total. The molecule has 0 aliphatic carbocycles. The van der Waals surface area contributed by atoms with Gasteiger partial charge >= 0.3 is 21.1 Å². The quantitative estimate of drug-likeness (QED) is 0.128. The van der Waals surface area contributed by atoms with Crippen LogP contribution in [0.25, 0.3) is 44.4 Å². The first-order valence-corrected chi connectivity index (χ1v) is 14.1. The predicted molar refractivity (Wildman–Crippen MR) is 184 cm³/mol. The topological polar surface area (TPSA) is 44.9 Å². The second-order valence-corrected chi connectivity index (χ2v) is 11.0. The van der Waals surface area contributed by atoms with Crippen LogP contribution >= 0.6 is 24.0 Å². The van der Waals surface area contributed by atoms with Crippen LogP contribution in [-0.2, 0) is 21.1 Å². The fraction of sp³-hybridized carbons (Fsp3) is 0.135. The molecule has 0 saturated carbocycles. The van der Waals surface area contributed by atoms with E-state index in [9.17, 15) is 0 Å². The summed E-state index contributed by atoms with van der Waals surface area (Å²) in [5, 5.41) is 7.15. The van der Waals surface area contributed by atoms with E-state index in [-0.39, 0.29) is 45.0 Å². The van der Waals surface area contributed by atoms with Gasteiger partial charge in [-0.15, -0.1) is 59.7 Å². The molecule has 7 aromatic rings. The van der Waals surface area contributed by atoms with Crippen LogP contribution in [0.3, 0.4) is 0 Å². The minimum Gasteiger partial charge on any atom is -0.509 e. The molecule has 0 fully saturated rings. The Morgan fingerprint density at radius 2 is 1.48 bits per heavy atom. The summed E-state index contributed by atoms with van der Waals surface area (Å²) in [6.07, 6.45) is 1.85.